The highest BCUT2D eigenvalue weighted by atomic mass is 19.1. The maximum Gasteiger partial charge on any atom is 0.228 e. The number of nitrogens with two attached hydrogens (primary N) is 1. The number of halogens is 1. The Morgan fingerprint density at radius 3 is 2.52 bits per heavy atom. The summed E-state index contributed by atoms with van der Waals surface area (Å²) in [5.41, 5.74) is 6.35. The van der Waals surface area contributed by atoms with Crippen molar-refractivity contribution >= 4 is 11.6 Å². The highest BCUT2D eigenvalue weighted by Crippen LogP contribution is 2.16. The number of hydrogen-bond donors (Lipinski definition) is 2. The Hall–Kier alpha value is -2.40. The molecule has 0 saturated heterocycles. The minimum Gasteiger partial charge on any atom is -0.492 e. The Bertz CT molecular complexity index is 599. The molecule has 0 fully saturated rings. The van der Waals surface area contributed by atoms with Gasteiger partial charge < -0.3 is 15.8 Å². The van der Waals surface area contributed by atoms with Crippen LogP contribution in [0.15, 0.2) is 48.5 Å². The predicted octanol–water partition coefficient (Wildman–Crippen LogP) is 2.34. The van der Waals surface area contributed by atoms with Crippen molar-refractivity contribution in [2.45, 2.75) is 6.42 Å². The van der Waals surface area contributed by atoms with Crippen molar-refractivity contribution in [3.05, 3.63) is 59.9 Å². The Morgan fingerprint density at radius 1 is 1.14 bits per heavy atom. The molecule has 0 aliphatic rings. The van der Waals surface area contributed by atoms with Gasteiger partial charge in [-0.15, -0.1) is 0 Å². The monoisotopic (exact) mass is 288 g/mol. The molecule has 2 rings (SSSR count). The van der Waals surface area contributed by atoms with E-state index in [0.29, 0.717) is 30.2 Å². The normalized spacial score (nSPS) is 10.2. The molecule has 1 amide bonds. The van der Waals surface area contributed by atoms with Gasteiger partial charge in [0.2, 0.25) is 5.91 Å². The second kappa shape index (κ2) is 7.40. The first-order valence-corrected chi connectivity index (χ1v) is 6.65. The van der Waals surface area contributed by atoms with Crippen LogP contribution in [0.25, 0.3) is 0 Å². The number of carbonyl (C=O) groups excluding carboxylic acids is 1. The number of hydrogen-bond acceptors (Lipinski definition) is 3. The summed E-state index contributed by atoms with van der Waals surface area (Å²) < 4.78 is 18.8. The lowest BCUT2D eigenvalue weighted by atomic mass is 10.1. The second-order valence-electron chi connectivity index (χ2n) is 4.48. The number of rotatable bonds is 6. The van der Waals surface area contributed by atoms with E-state index in [1.807, 2.05) is 0 Å². The van der Waals surface area contributed by atoms with Gasteiger partial charge >= 0.3 is 0 Å². The zero-order chi connectivity index (χ0) is 15.1. The van der Waals surface area contributed by atoms with Gasteiger partial charge in [-0.1, -0.05) is 18.2 Å². The first-order valence-electron chi connectivity index (χ1n) is 6.65. The van der Waals surface area contributed by atoms with Crippen LogP contribution in [-0.4, -0.2) is 19.1 Å². The Labute approximate surface area is 122 Å². The van der Waals surface area contributed by atoms with Crippen LogP contribution in [0.3, 0.4) is 0 Å². The molecule has 0 radical (unpaired) electrons. The molecule has 4 nitrogen and oxygen atoms in total. The highest BCUT2D eigenvalue weighted by Gasteiger charge is 2.08. The number of benzene rings is 2. The van der Waals surface area contributed by atoms with Gasteiger partial charge in [0, 0.05) is 12.2 Å². The summed E-state index contributed by atoms with van der Waals surface area (Å²) in [5.74, 6) is 0.0430. The molecular weight excluding hydrogens is 271 g/mol. The minimum absolute atomic E-state index is 0.00189. The van der Waals surface area contributed by atoms with Crippen molar-refractivity contribution in [3.63, 3.8) is 0 Å². The van der Waals surface area contributed by atoms with E-state index in [1.54, 1.807) is 42.5 Å². The quantitative estimate of drug-likeness (QED) is 0.857. The summed E-state index contributed by atoms with van der Waals surface area (Å²) in [6.45, 7) is 0.889. The van der Waals surface area contributed by atoms with Crippen molar-refractivity contribution in [3.8, 4) is 5.75 Å². The van der Waals surface area contributed by atoms with E-state index in [4.69, 9.17) is 10.5 Å². The molecule has 2 aromatic carbocycles. The number of amides is 1. The maximum absolute atomic E-state index is 13.5. The summed E-state index contributed by atoms with van der Waals surface area (Å²) in [6, 6.07) is 13.2. The van der Waals surface area contributed by atoms with Crippen LogP contribution in [0.4, 0.5) is 10.1 Å². The maximum atomic E-state index is 13.5. The Balaban J connectivity index is 1.92. The molecule has 0 bridgehead atoms. The SMILES string of the molecule is NCCOc1ccc(NC(=O)Cc2ccccc2F)cc1. The third-order valence-corrected chi connectivity index (χ3v) is 2.83. The molecule has 0 heterocycles. The van der Waals surface area contributed by atoms with Gasteiger partial charge in [-0.05, 0) is 35.9 Å². The van der Waals surface area contributed by atoms with Crippen LogP contribution < -0.4 is 15.8 Å². The second-order valence-corrected chi connectivity index (χ2v) is 4.48. The van der Waals surface area contributed by atoms with Crippen molar-refractivity contribution in [1.82, 2.24) is 0 Å². The molecule has 21 heavy (non-hydrogen) atoms. The fourth-order valence-corrected chi connectivity index (χ4v) is 1.83. The molecule has 0 aliphatic carbocycles. The van der Waals surface area contributed by atoms with Crippen molar-refractivity contribution < 1.29 is 13.9 Å². The standard InChI is InChI=1S/C16H17FN2O2/c17-15-4-2-1-3-12(15)11-16(20)19-13-5-7-14(8-6-13)21-10-9-18/h1-8H,9-11,18H2,(H,19,20). The van der Waals surface area contributed by atoms with Gasteiger partial charge in [0.25, 0.3) is 0 Å². The summed E-state index contributed by atoms with van der Waals surface area (Å²) in [4.78, 5) is 11.9. The lowest BCUT2D eigenvalue weighted by Crippen LogP contribution is -2.15. The highest BCUT2D eigenvalue weighted by molar-refractivity contribution is 5.92. The van der Waals surface area contributed by atoms with Gasteiger partial charge in [0.05, 0.1) is 6.42 Å². The van der Waals surface area contributed by atoms with Crippen molar-refractivity contribution in [2.75, 3.05) is 18.5 Å². The topological polar surface area (TPSA) is 64.3 Å². The summed E-state index contributed by atoms with van der Waals surface area (Å²) >= 11 is 0. The largest absolute Gasteiger partial charge is 0.492 e. The van der Waals surface area contributed by atoms with E-state index >= 15 is 0 Å². The molecule has 2 aromatic rings. The molecule has 0 saturated carbocycles. The molecule has 0 aliphatic heterocycles. The number of anilines is 1. The fourth-order valence-electron chi connectivity index (χ4n) is 1.83. The van der Waals surface area contributed by atoms with Crippen LogP contribution in [0, 0.1) is 5.82 Å². The molecule has 5 heteroatoms. The van der Waals surface area contributed by atoms with E-state index in [-0.39, 0.29) is 18.1 Å². The lowest BCUT2D eigenvalue weighted by molar-refractivity contribution is -0.115. The number of carbonyl (C=O) groups is 1. The average molecular weight is 288 g/mol. The zero-order valence-corrected chi connectivity index (χ0v) is 11.5. The molecule has 0 unspecified atom stereocenters. The lowest BCUT2D eigenvalue weighted by Gasteiger charge is -2.08. The van der Waals surface area contributed by atoms with Crippen molar-refractivity contribution in [2.24, 2.45) is 5.73 Å². The van der Waals surface area contributed by atoms with Crippen LogP contribution in [-0.2, 0) is 11.2 Å². The van der Waals surface area contributed by atoms with Gasteiger partial charge in [-0.2, -0.15) is 0 Å². The van der Waals surface area contributed by atoms with Crippen LogP contribution in [0.2, 0.25) is 0 Å². The number of ether oxygens (including phenoxy) is 1. The molecule has 3 N–H and O–H groups in total. The fraction of sp³-hybridized carbons (Fsp3) is 0.188. The summed E-state index contributed by atoms with van der Waals surface area (Å²) in [7, 11) is 0. The Kier molecular flexibility index (Phi) is 5.29. The first-order chi connectivity index (χ1) is 10.2. The van der Waals surface area contributed by atoms with Gasteiger partial charge in [-0.25, -0.2) is 4.39 Å². The molecule has 0 aromatic heterocycles. The van der Waals surface area contributed by atoms with Gasteiger partial charge in [-0.3, -0.25) is 4.79 Å². The molecule has 0 spiro atoms. The van der Waals surface area contributed by atoms with Crippen LogP contribution >= 0.6 is 0 Å². The van der Waals surface area contributed by atoms with Gasteiger partial charge in [0.15, 0.2) is 0 Å². The van der Waals surface area contributed by atoms with Gasteiger partial charge in [0.1, 0.15) is 18.2 Å². The molecular formula is C16H17FN2O2. The van der Waals surface area contributed by atoms with E-state index < -0.39 is 0 Å². The molecule has 0 atom stereocenters. The first kappa shape index (κ1) is 15.0. The average Bonchev–Trinajstić information content (AvgIpc) is 2.49. The summed E-state index contributed by atoms with van der Waals surface area (Å²) in [6.07, 6.45) is -0.00189. The van der Waals surface area contributed by atoms with Crippen LogP contribution in [0.5, 0.6) is 5.75 Å². The van der Waals surface area contributed by atoms with E-state index in [1.165, 1.54) is 6.07 Å². The van der Waals surface area contributed by atoms with E-state index in [2.05, 4.69) is 5.32 Å². The Morgan fingerprint density at radius 2 is 1.86 bits per heavy atom. The third kappa shape index (κ3) is 4.57. The molecule has 110 valence electrons. The smallest absolute Gasteiger partial charge is 0.228 e. The van der Waals surface area contributed by atoms with Crippen molar-refractivity contribution in [1.29, 1.82) is 0 Å². The van der Waals surface area contributed by atoms with Crippen LogP contribution in [0.1, 0.15) is 5.56 Å². The minimum atomic E-state index is -0.377. The summed E-state index contributed by atoms with van der Waals surface area (Å²) in [5, 5.41) is 2.72. The number of nitrogens with one attached hydrogen (secondary N) is 1. The zero-order valence-electron chi connectivity index (χ0n) is 11.5. The van der Waals surface area contributed by atoms with E-state index in [0.717, 1.165) is 0 Å². The third-order valence-electron chi connectivity index (χ3n) is 2.83. The van der Waals surface area contributed by atoms with E-state index in [9.17, 15) is 9.18 Å². The predicted molar refractivity (Wildman–Crippen MR) is 79.7 cm³/mol.